The molecule has 0 aliphatic heterocycles. The Labute approximate surface area is 98.1 Å². The zero-order valence-corrected chi connectivity index (χ0v) is 10.5. The van der Waals surface area contributed by atoms with Crippen molar-refractivity contribution in [3.63, 3.8) is 0 Å². The average molecular weight is 228 g/mol. The number of carbonyl (C=O) groups is 1. The topological polar surface area (TPSA) is 50.4 Å². The van der Waals surface area contributed by atoms with Crippen LogP contribution in [0.1, 0.15) is 32.6 Å². The highest BCUT2D eigenvalue weighted by Crippen LogP contribution is 2.47. The van der Waals surface area contributed by atoms with Crippen molar-refractivity contribution in [1.29, 1.82) is 0 Å². The van der Waals surface area contributed by atoms with Gasteiger partial charge in [-0.2, -0.15) is 0 Å². The molecule has 4 heteroatoms. The number of amides is 1. The molecular formula is C12H24N2O2. The third-order valence-electron chi connectivity index (χ3n) is 3.34. The Hall–Kier alpha value is -0.610. The fraction of sp³-hybridized carbons (Fsp3) is 0.917. The van der Waals surface area contributed by atoms with Crippen molar-refractivity contribution in [2.24, 2.45) is 5.41 Å². The van der Waals surface area contributed by atoms with Crippen LogP contribution in [0.2, 0.25) is 0 Å². The summed E-state index contributed by atoms with van der Waals surface area (Å²) in [7, 11) is 1.67. The summed E-state index contributed by atoms with van der Waals surface area (Å²) in [6.45, 7) is 5.04. The third-order valence-corrected chi connectivity index (χ3v) is 3.34. The van der Waals surface area contributed by atoms with Gasteiger partial charge in [-0.1, -0.05) is 6.92 Å². The van der Waals surface area contributed by atoms with E-state index >= 15 is 0 Å². The van der Waals surface area contributed by atoms with Crippen LogP contribution in [0.25, 0.3) is 0 Å². The summed E-state index contributed by atoms with van der Waals surface area (Å²) >= 11 is 0. The van der Waals surface area contributed by atoms with Gasteiger partial charge >= 0.3 is 0 Å². The molecule has 0 bridgehead atoms. The smallest absolute Gasteiger partial charge is 0.233 e. The Balaban J connectivity index is 1.94. The molecular weight excluding hydrogens is 204 g/mol. The largest absolute Gasteiger partial charge is 0.385 e. The van der Waals surface area contributed by atoms with E-state index in [2.05, 4.69) is 17.6 Å². The lowest BCUT2D eigenvalue weighted by molar-refractivity contribution is -0.120. The Morgan fingerprint density at radius 2 is 2.19 bits per heavy atom. The summed E-state index contributed by atoms with van der Waals surface area (Å²) < 4.78 is 4.91. The average Bonchev–Trinajstić information content (AvgIpc) is 3.05. The predicted octanol–water partition coefficient (Wildman–Crippen LogP) is 0.919. The molecule has 0 radical (unpaired) electrons. The van der Waals surface area contributed by atoms with Gasteiger partial charge in [-0.3, -0.25) is 4.79 Å². The van der Waals surface area contributed by atoms with Crippen LogP contribution in [-0.4, -0.2) is 39.3 Å². The quantitative estimate of drug-likeness (QED) is 0.577. The Bertz CT molecular complexity index is 215. The van der Waals surface area contributed by atoms with E-state index in [1.54, 1.807) is 7.11 Å². The van der Waals surface area contributed by atoms with Crippen LogP contribution in [0, 0.1) is 5.41 Å². The second-order valence-electron chi connectivity index (χ2n) is 4.65. The van der Waals surface area contributed by atoms with Crippen LogP contribution in [0.3, 0.4) is 0 Å². The highest BCUT2D eigenvalue weighted by molar-refractivity contribution is 5.77. The van der Waals surface area contributed by atoms with Gasteiger partial charge in [0.2, 0.25) is 5.91 Å². The van der Waals surface area contributed by atoms with Crippen molar-refractivity contribution >= 4 is 5.91 Å². The van der Waals surface area contributed by atoms with Crippen molar-refractivity contribution in [2.75, 3.05) is 33.4 Å². The first-order valence-corrected chi connectivity index (χ1v) is 6.19. The zero-order chi connectivity index (χ0) is 11.9. The molecule has 0 spiro atoms. The van der Waals surface area contributed by atoms with E-state index in [0.29, 0.717) is 25.1 Å². The minimum atomic E-state index is 0.0861. The van der Waals surface area contributed by atoms with Gasteiger partial charge in [0.15, 0.2) is 0 Å². The number of hydrogen-bond donors (Lipinski definition) is 2. The van der Waals surface area contributed by atoms with Crippen LogP contribution >= 0.6 is 0 Å². The first-order valence-electron chi connectivity index (χ1n) is 6.19. The number of nitrogens with one attached hydrogen (secondary N) is 2. The molecule has 1 aliphatic rings. The molecule has 1 rings (SSSR count). The lowest BCUT2D eigenvalue weighted by Crippen LogP contribution is -2.37. The van der Waals surface area contributed by atoms with Crippen molar-refractivity contribution in [1.82, 2.24) is 10.6 Å². The molecule has 1 amide bonds. The molecule has 1 saturated carbocycles. The third kappa shape index (κ3) is 4.94. The number of rotatable bonds is 9. The van der Waals surface area contributed by atoms with E-state index in [0.717, 1.165) is 13.0 Å². The molecule has 94 valence electrons. The summed E-state index contributed by atoms with van der Waals surface area (Å²) in [5, 5.41) is 6.10. The fourth-order valence-electron chi connectivity index (χ4n) is 1.78. The Kier molecular flexibility index (Phi) is 5.77. The lowest BCUT2D eigenvalue weighted by Gasteiger charge is -2.13. The first-order chi connectivity index (χ1) is 7.72. The molecule has 0 heterocycles. The second kappa shape index (κ2) is 6.86. The maximum absolute atomic E-state index is 11.4. The molecule has 0 aromatic rings. The normalized spacial score (nSPS) is 17.1. The molecule has 0 unspecified atom stereocenters. The van der Waals surface area contributed by atoms with E-state index in [1.165, 1.54) is 19.3 Å². The van der Waals surface area contributed by atoms with E-state index in [4.69, 9.17) is 4.74 Å². The first kappa shape index (κ1) is 13.5. The minimum absolute atomic E-state index is 0.0861. The second-order valence-corrected chi connectivity index (χ2v) is 4.65. The van der Waals surface area contributed by atoms with Crippen LogP contribution in [-0.2, 0) is 9.53 Å². The van der Waals surface area contributed by atoms with Gasteiger partial charge < -0.3 is 15.4 Å². The van der Waals surface area contributed by atoms with Gasteiger partial charge in [-0.15, -0.1) is 0 Å². The maximum atomic E-state index is 11.4. The number of methoxy groups -OCH3 is 1. The van der Waals surface area contributed by atoms with E-state index in [-0.39, 0.29) is 5.91 Å². The molecule has 1 fully saturated rings. The van der Waals surface area contributed by atoms with Gasteiger partial charge in [0.1, 0.15) is 0 Å². The number of carbonyl (C=O) groups excluding carboxylic acids is 1. The van der Waals surface area contributed by atoms with Gasteiger partial charge in [-0.25, -0.2) is 0 Å². The molecule has 0 aromatic carbocycles. The Morgan fingerprint density at radius 1 is 1.44 bits per heavy atom. The van der Waals surface area contributed by atoms with Crippen molar-refractivity contribution in [3.8, 4) is 0 Å². The van der Waals surface area contributed by atoms with E-state index < -0.39 is 0 Å². The molecule has 0 aromatic heterocycles. The van der Waals surface area contributed by atoms with Crippen LogP contribution in [0.5, 0.6) is 0 Å². The molecule has 0 atom stereocenters. The molecule has 0 saturated heterocycles. The predicted molar refractivity (Wildman–Crippen MR) is 64.3 cm³/mol. The summed E-state index contributed by atoms with van der Waals surface area (Å²) in [5.41, 5.74) is 0.510. The Morgan fingerprint density at radius 3 is 2.75 bits per heavy atom. The molecule has 16 heavy (non-hydrogen) atoms. The molecule has 1 aliphatic carbocycles. The number of hydrogen-bond acceptors (Lipinski definition) is 3. The molecule has 4 nitrogen and oxygen atoms in total. The van der Waals surface area contributed by atoms with Gasteiger partial charge in [-0.05, 0) is 31.1 Å². The van der Waals surface area contributed by atoms with Crippen molar-refractivity contribution < 1.29 is 9.53 Å². The van der Waals surface area contributed by atoms with Gasteiger partial charge in [0.05, 0.1) is 6.54 Å². The monoisotopic (exact) mass is 228 g/mol. The molecule has 2 N–H and O–H groups in total. The summed E-state index contributed by atoms with van der Waals surface area (Å²) in [4.78, 5) is 11.4. The SMILES string of the molecule is CCC1(CNCC(=O)NCCCOC)CC1. The standard InChI is InChI=1S/C12H24N2O2/c1-3-12(5-6-12)10-13-9-11(15)14-7-4-8-16-2/h13H,3-10H2,1-2H3,(H,14,15). The van der Waals surface area contributed by atoms with Crippen molar-refractivity contribution in [3.05, 3.63) is 0 Å². The highest BCUT2D eigenvalue weighted by atomic mass is 16.5. The highest BCUT2D eigenvalue weighted by Gasteiger charge is 2.39. The van der Waals surface area contributed by atoms with E-state index in [9.17, 15) is 4.79 Å². The van der Waals surface area contributed by atoms with Gasteiger partial charge in [0.25, 0.3) is 0 Å². The van der Waals surface area contributed by atoms with Crippen LogP contribution in [0.15, 0.2) is 0 Å². The van der Waals surface area contributed by atoms with Crippen LogP contribution in [0.4, 0.5) is 0 Å². The van der Waals surface area contributed by atoms with Crippen molar-refractivity contribution in [2.45, 2.75) is 32.6 Å². The summed E-state index contributed by atoms with van der Waals surface area (Å²) in [5.74, 6) is 0.0861. The van der Waals surface area contributed by atoms with Gasteiger partial charge in [0, 0.05) is 26.8 Å². The lowest BCUT2D eigenvalue weighted by atomic mass is 10.0. The fourth-order valence-corrected chi connectivity index (χ4v) is 1.78. The number of ether oxygens (including phenoxy) is 1. The summed E-state index contributed by atoms with van der Waals surface area (Å²) in [6.07, 6.45) is 4.72. The summed E-state index contributed by atoms with van der Waals surface area (Å²) in [6, 6.07) is 0. The van der Waals surface area contributed by atoms with Crippen LogP contribution < -0.4 is 10.6 Å². The maximum Gasteiger partial charge on any atom is 0.233 e. The van der Waals surface area contributed by atoms with E-state index in [1.807, 2.05) is 0 Å². The minimum Gasteiger partial charge on any atom is -0.385 e. The zero-order valence-electron chi connectivity index (χ0n) is 10.5.